The number of hydrogen-bond donors (Lipinski definition) is 1. The second-order valence-electron chi connectivity index (χ2n) is 5.80. The van der Waals surface area contributed by atoms with Crippen molar-refractivity contribution < 1.29 is 14.3 Å². The van der Waals surface area contributed by atoms with E-state index >= 15 is 0 Å². The van der Waals surface area contributed by atoms with Gasteiger partial charge in [-0.05, 0) is 26.8 Å². The highest BCUT2D eigenvalue weighted by atomic mass is 32.2. The summed E-state index contributed by atoms with van der Waals surface area (Å²) in [4.78, 5) is 29.9. The molecule has 148 valence electrons. The first-order chi connectivity index (χ1) is 13.4. The van der Waals surface area contributed by atoms with Crippen LogP contribution >= 0.6 is 34.4 Å². The van der Waals surface area contributed by atoms with Crippen LogP contribution in [0.3, 0.4) is 0 Å². The molecule has 11 heteroatoms. The third-order valence-corrected chi connectivity index (χ3v) is 6.59. The van der Waals surface area contributed by atoms with Gasteiger partial charge in [0.1, 0.15) is 4.88 Å². The zero-order valence-corrected chi connectivity index (χ0v) is 18.3. The number of thiazole rings is 1. The van der Waals surface area contributed by atoms with Gasteiger partial charge in [-0.15, -0.1) is 21.5 Å². The number of anilines is 1. The molecule has 0 aliphatic heterocycles. The first kappa shape index (κ1) is 20.5. The monoisotopic (exact) mass is 437 g/mol. The fourth-order valence-electron chi connectivity index (χ4n) is 2.37. The van der Waals surface area contributed by atoms with Gasteiger partial charge in [0.25, 0.3) is 0 Å². The van der Waals surface area contributed by atoms with Crippen LogP contribution in [0.1, 0.15) is 27.2 Å². The standard InChI is InChI=1S/C17H19N5O3S3/c1-5-25-15(24)13-10(3)18-16(28-13)19-12(23)8-27-17-21-20-14(22(17)4)11-6-9(2)26-7-11/h6-7H,5,8H2,1-4H3,(H,18,19,23). The van der Waals surface area contributed by atoms with E-state index in [4.69, 9.17) is 4.74 Å². The van der Waals surface area contributed by atoms with Crippen LogP contribution in [0.25, 0.3) is 11.4 Å². The molecular formula is C17H19N5O3S3. The van der Waals surface area contributed by atoms with Crippen molar-refractivity contribution in [2.45, 2.75) is 25.9 Å². The van der Waals surface area contributed by atoms with Crippen molar-refractivity contribution in [1.29, 1.82) is 0 Å². The lowest BCUT2D eigenvalue weighted by atomic mass is 10.3. The highest BCUT2D eigenvalue weighted by Crippen LogP contribution is 2.27. The number of carbonyl (C=O) groups excluding carboxylic acids is 2. The summed E-state index contributed by atoms with van der Waals surface area (Å²) in [6, 6.07) is 2.06. The summed E-state index contributed by atoms with van der Waals surface area (Å²) in [5.41, 5.74) is 1.55. The fourth-order valence-corrected chi connectivity index (χ4v) is 4.64. The molecule has 3 aromatic heterocycles. The number of aromatic nitrogens is 4. The molecule has 1 amide bonds. The molecule has 8 nitrogen and oxygen atoms in total. The van der Waals surface area contributed by atoms with E-state index in [0.29, 0.717) is 27.5 Å². The van der Waals surface area contributed by atoms with Crippen molar-refractivity contribution in [2.24, 2.45) is 7.05 Å². The molecule has 0 bridgehead atoms. The fraction of sp³-hybridized carbons (Fsp3) is 0.353. The molecule has 0 saturated carbocycles. The van der Waals surface area contributed by atoms with Crippen molar-refractivity contribution in [3.63, 3.8) is 0 Å². The highest BCUT2D eigenvalue weighted by molar-refractivity contribution is 7.99. The maximum absolute atomic E-state index is 12.3. The maximum atomic E-state index is 12.3. The van der Waals surface area contributed by atoms with Gasteiger partial charge in [0.2, 0.25) is 5.91 Å². The number of nitrogens with zero attached hydrogens (tertiary/aromatic N) is 4. The average Bonchev–Trinajstić information content (AvgIpc) is 3.32. The Bertz CT molecular complexity index is 1010. The van der Waals surface area contributed by atoms with Crippen molar-refractivity contribution in [2.75, 3.05) is 17.7 Å². The van der Waals surface area contributed by atoms with Crippen LogP contribution in [0.15, 0.2) is 16.6 Å². The smallest absolute Gasteiger partial charge is 0.350 e. The third kappa shape index (κ3) is 4.59. The lowest BCUT2D eigenvalue weighted by Crippen LogP contribution is -2.14. The Morgan fingerprint density at radius 3 is 2.79 bits per heavy atom. The molecule has 0 radical (unpaired) electrons. The molecule has 3 rings (SSSR count). The number of hydrogen-bond acceptors (Lipinski definition) is 9. The first-order valence-electron chi connectivity index (χ1n) is 8.41. The van der Waals surface area contributed by atoms with Crippen LogP contribution in [0.5, 0.6) is 0 Å². The maximum Gasteiger partial charge on any atom is 0.350 e. The second kappa shape index (κ2) is 8.84. The SMILES string of the molecule is CCOC(=O)c1sc(NC(=O)CSc2nnc(-c3csc(C)c3)n2C)nc1C. The van der Waals surface area contributed by atoms with Gasteiger partial charge in [0, 0.05) is 22.9 Å². The van der Waals surface area contributed by atoms with Crippen LogP contribution in [0.2, 0.25) is 0 Å². The number of aryl methyl sites for hydroxylation is 2. The summed E-state index contributed by atoms with van der Waals surface area (Å²) >= 11 is 4.05. The molecule has 3 heterocycles. The summed E-state index contributed by atoms with van der Waals surface area (Å²) in [5, 5.41) is 14.2. The van der Waals surface area contributed by atoms with E-state index in [1.807, 2.05) is 23.9 Å². The summed E-state index contributed by atoms with van der Waals surface area (Å²) in [5.74, 6) is 0.261. The zero-order valence-electron chi connectivity index (χ0n) is 15.8. The first-order valence-corrected chi connectivity index (χ1v) is 11.1. The quantitative estimate of drug-likeness (QED) is 0.446. The second-order valence-corrected chi connectivity index (χ2v) is 8.86. The molecule has 1 N–H and O–H groups in total. The van der Waals surface area contributed by atoms with E-state index in [-0.39, 0.29) is 11.7 Å². The van der Waals surface area contributed by atoms with Crippen molar-refractivity contribution >= 4 is 51.4 Å². The van der Waals surface area contributed by atoms with Gasteiger partial charge < -0.3 is 14.6 Å². The topological polar surface area (TPSA) is 99.0 Å². The Labute approximate surface area is 174 Å². The minimum absolute atomic E-state index is 0.155. The molecule has 28 heavy (non-hydrogen) atoms. The Balaban J connectivity index is 1.60. The van der Waals surface area contributed by atoms with Crippen LogP contribution in [-0.2, 0) is 16.6 Å². The Morgan fingerprint density at radius 1 is 1.32 bits per heavy atom. The van der Waals surface area contributed by atoms with Crippen molar-refractivity contribution in [3.05, 3.63) is 26.9 Å². The third-order valence-electron chi connectivity index (χ3n) is 3.66. The minimum Gasteiger partial charge on any atom is -0.462 e. The van der Waals surface area contributed by atoms with Crippen LogP contribution in [0, 0.1) is 13.8 Å². The lowest BCUT2D eigenvalue weighted by Gasteiger charge is -2.03. The van der Waals surface area contributed by atoms with E-state index < -0.39 is 5.97 Å². The summed E-state index contributed by atoms with van der Waals surface area (Å²) in [7, 11) is 1.87. The molecule has 0 atom stereocenters. The number of ether oxygens (including phenoxy) is 1. The predicted molar refractivity (Wildman–Crippen MR) is 111 cm³/mol. The largest absolute Gasteiger partial charge is 0.462 e. The van der Waals surface area contributed by atoms with Crippen molar-refractivity contribution in [1.82, 2.24) is 19.7 Å². The molecule has 0 saturated heterocycles. The number of thioether (sulfide) groups is 1. The predicted octanol–water partition coefficient (Wildman–Crippen LogP) is 3.52. The Kier molecular flexibility index (Phi) is 6.47. The Hall–Kier alpha value is -2.24. The van der Waals surface area contributed by atoms with Crippen LogP contribution in [-0.4, -0.2) is 44.0 Å². The molecule has 0 aromatic carbocycles. The molecule has 0 unspecified atom stereocenters. The van der Waals surface area contributed by atoms with E-state index in [0.717, 1.165) is 22.7 Å². The number of esters is 1. The highest BCUT2D eigenvalue weighted by Gasteiger charge is 2.18. The van der Waals surface area contributed by atoms with Gasteiger partial charge >= 0.3 is 5.97 Å². The Morgan fingerprint density at radius 2 is 2.11 bits per heavy atom. The van der Waals surface area contributed by atoms with Gasteiger partial charge in [-0.3, -0.25) is 4.79 Å². The minimum atomic E-state index is -0.428. The number of carbonyl (C=O) groups is 2. The van der Waals surface area contributed by atoms with E-state index in [1.165, 1.54) is 16.6 Å². The number of thiophene rings is 1. The van der Waals surface area contributed by atoms with Gasteiger partial charge in [-0.25, -0.2) is 9.78 Å². The van der Waals surface area contributed by atoms with Gasteiger partial charge in [-0.1, -0.05) is 23.1 Å². The zero-order chi connectivity index (χ0) is 20.3. The summed E-state index contributed by atoms with van der Waals surface area (Å²) in [6.45, 7) is 5.78. The summed E-state index contributed by atoms with van der Waals surface area (Å²) < 4.78 is 6.85. The number of rotatable bonds is 7. The van der Waals surface area contributed by atoms with Crippen LogP contribution < -0.4 is 5.32 Å². The molecule has 0 aliphatic rings. The molecular weight excluding hydrogens is 418 g/mol. The molecule has 0 aliphatic carbocycles. The van der Waals surface area contributed by atoms with Crippen molar-refractivity contribution in [3.8, 4) is 11.4 Å². The van der Waals surface area contributed by atoms with E-state index in [2.05, 4.69) is 26.6 Å². The van der Waals surface area contributed by atoms with Gasteiger partial charge in [-0.2, -0.15) is 0 Å². The van der Waals surface area contributed by atoms with Crippen LogP contribution in [0.4, 0.5) is 5.13 Å². The molecule has 0 spiro atoms. The van der Waals surface area contributed by atoms with E-state index in [9.17, 15) is 9.59 Å². The molecule has 0 fully saturated rings. The van der Waals surface area contributed by atoms with E-state index in [1.54, 1.807) is 25.2 Å². The van der Waals surface area contributed by atoms with Gasteiger partial charge in [0.15, 0.2) is 16.1 Å². The summed E-state index contributed by atoms with van der Waals surface area (Å²) in [6.07, 6.45) is 0. The van der Waals surface area contributed by atoms with Gasteiger partial charge in [0.05, 0.1) is 18.1 Å². The normalized spacial score (nSPS) is 10.9. The number of amides is 1. The average molecular weight is 438 g/mol. The number of nitrogens with one attached hydrogen (secondary N) is 1. The molecule has 3 aromatic rings. The lowest BCUT2D eigenvalue weighted by molar-refractivity contribution is -0.113.